The zero-order chi connectivity index (χ0) is 10.3. The average molecular weight is 190 g/mol. The highest BCUT2D eigenvalue weighted by Crippen LogP contribution is 2.37. The Bertz CT molecular complexity index is 463. The van der Waals surface area contributed by atoms with Crippen molar-refractivity contribution in [1.29, 1.82) is 5.26 Å². The Kier molecular flexibility index (Phi) is 1.74. The molecular formula is C10H10N2O2. The molecule has 4 heteroatoms. The molecule has 1 aromatic rings. The van der Waals surface area contributed by atoms with Gasteiger partial charge in [-0.15, -0.1) is 0 Å². The molecule has 1 aliphatic rings. The largest absolute Gasteiger partial charge is 0.493 e. The van der Waals surface area contributed by atoms with Crippen LogP contribution in [0.25, 0.3) is 0 Å². The van der Waals surface area contributed by atoms with E-state index in [0.717, 1.165) is 10.1 Å². The molecule has 2 rings (SSSR count). The number of nitriles is 1. The molecule has 14 heavy (non-hydrogen) atoms. The van der Waals surface area contributed by atoms with Crippen molar-refractivity contribution in [2.75, 3.05) is 0 Å². The molecule has 0 bridgehead atoms. The van der Waals surface area contributed by atoms with Gasteiger partial charge in [0, 0.05) is 11.1 Å². The molecule has 72 valence electrons. The van der Waals surface area contributed by atoms with E-state index in [9.17, 15) is 10.2 Å². The number of aromatic hydroxyl groups is 2. The standard InChI is InChI=1S/C10H10N2O2/c1-6-2-3-7-8(4-6)10(14)12(5-11)9(7)13/h2,13-14H,3-4H2,1H3. The van der Waals surface area contributed by atoms with Gasteiger partial charge < -0.3 is 10.2 Å². The van der Waals surface area contributed by atoms with E-state index in [4.69, 9.17) is 5.26 Å². The van der Waals surface area contributed by atoms with Crippen molar-refractivity contribution in [3.8, 4) is 18.0 Å². The van der Waals surface area contributed by atoms with E-state index in [1.165, 1.54) is 0 Å². The maximum atomic E-state index is 9.63. The number of nitrogens with zero attached hydrogens (tertiary/aromatic N) is 2. The summed E-state index contributed by atoms with van der Waals surface area (Å²) in [4.78, 5) is 0. The van der Waals surface area contributed by atoms with Gasteiger partial charge in [0.1, 0.15) is 0 Å². The van der Waals surface area contributed by atoms with Gasteiger partial charge in [0.15, 0.2) is 6.19 Å². The Morgan fingerprint density at radius 3 is 2.64 bits per heavy atom. The topological polar surface area (TPSA) is 69.2 Å². The van der Waals surface area contributed by atoms with E-state index in [2.05, 4.69) is 0 Å². The molecule has 0 amide bonds. The summed E-state index contributed by atoms with van der Waals surface area (Å²) in [5.41, 5.74) is 2.47. The van der Waals surface area contributed by atoms with Gasteiger partial charge in [-0.2, -0.15) is 9.83 Å². The summed E-state index contributed by atoms with van der Waals surface area (Å²) >= 11 is 0. The van der Waals surface area contributed by atoms with Crippen LogP contribution in [0, 0.1) is 11.5 Å². The Hall–Kier alpha value is -1.89. The van der Waals surface area contributed by atoms with Crippen LogP contribution < -0.4 is 0 Å². The van der Waals surface area contributed by atoms with Gasteiger partial charge in [0.05, 0.1) is 0 Å². The van der Waals surface area contributed by atoms with Crippen molar-refractivity contribution in [2.24, 2.45) is 0 Å². The van der Waals surface area contributed by atoms with E-state index in [-0.39, 0.29) is 11.8 Å². The zero-order valence-corrected chi connectivity index (χ0v) is 7.78. The van der Waals surface area contributed by atoms with Crippen LogP contribution in [-0.4, -0.2) is 14.8 Å². The molecule has 0 atom stereocenters. The van der Waals surface area contributed by atoms with Gasteiger partial charge in [0.2, 0.25) is 11.8 Å². The quantitative estimate of drug-likeness (QED) is 0.605. The van der Waals surface area contributed by atoms with E-state index in [1.54, 1.807) is 6.19 Å². The van der Waals surface area contributed by atoms with E-state index in [0.29, 0.717) is 24.0 Å². The van der Waals surface area contributed by atoms with Crippen molar-refractivity contribution in [3.63, 3.8) is 0 Å². The Balaban J connectivity index is 2.63. The van der Waals surface area contributed by atoms with Crippen LogP contribution in [0.3, 0.4) is 0 Å². The molecule has 1 aliphatic carbocycles. The molecule has 0 aliphatic heterocycles. The maximum absolute atomic E-state index is 9.63. The summed E-state index contributed by atoms with van der Waals surface area (Å²) in [6.07, 6.45) is 4.90. The maximum Gasteiger partial charge on any atom is 0.211 e. The predicted molar refractivity (Wildman–Crippen MR) is 49.9 cm³/mol. The number of hydrogen-bond donors (Lipinski definition) is 2. The van der Waals surface area contributed by atoms with Gasteiger partial charge in [-0.25, -0.2) is 0 Å². The van der Waals surface area contributed by atoms with E-state index in [1.807, 2.05) is 13.0 Å². The van der Waals surface area contributed by atoms with Crippen molar-refractivity contribution in [1.82, 2.24) is 4.57 Å². The van der Waals surface area contributed by atoms with Crippen molar-refractivity contribution in [3.05, 3.63) is 22.8 Å². The Labute approximate surface area is 81.3 Å². The molecule has 1 aromatic heterocycles. The van der Waals surface area contributed by atoms with Crippen LogP contribution in [0.1, 0.15) is 18.1 Å². The minimum atomic E-state index is -0.135. The van der Waals surface area contributed by atoms with Crippen LogP contribution in [0.15, 0.2) is 11.6 Å². The minimum Gasteiger partial charge on any atom is -0.493 e. The highest BCUT2D eigenvalue weighted by atomic mass is 16.3. The van der Waals surface area contributed by atoms with Gasteiger partial charge >= 0.3 is 0 Å². The second-order valence-corrected chi connectivity index (χ2v) is 3.47. The molecule has 0 saturated heterocycles. The lowest BCUT2D eigenvalue weighted by molar-refractivity contribution is 0.401. The molecule has 0 unspecified atom stereocenters. The fourth-order valence-electron chi connectivity index (χ4n) is 1.76. The number of allylic oxidation sites excluding steroid dienone is 2. The van der Waals surface area contributed by atoms with E-state index >= 15 is 0 Å². The van der Waals surface area contributed by atoms with Crippen LogP contribution in [0.2, 0.25) is 0 Å². The number of aromatic nitrogens is 1. The molecule has 0 fully saturated rings. The van der Waals surface area contributed by atoms with Crippen LogP contribution >= 0.6 is 0 Å². The summed E-state index contributed by atoms with van der Waals surface area (Å²) in [6.45, 7) is 1.96. The lowest BCUT2D eigenvalue weighted by Gasteiger charge is -2.09. The third kappa shape index (κ3) is 0.990. The lowest BCUT2D eigenvalue weighted by Crippen LogP contribution is -1.97. The smallest absolute Gasteiger partial charge is 0.211 e. The van der Waals surface area contributed by atoms with Gasteiger partial charge in [-0.1, -0.05) is 11.6 Å². The molecular weight excluding hydrogens is 180 g/mol. The van der Waals surface area contributed by atoms with Crippen molar-refractivity contribution in [2.45, 2.75) is 19.8 Å². The van der Waals surface area contributed by atoms with Crippen LogP contribution in [0.5, 0.6) is 11.8 Å². The molecule has 0 radical (unpaired) electrons. The average Bonchev–Trinajstić information content (AvgIpc) is 2.39. The molecule has 0 saturated carbocycles. The zero-order valence-electron chi connectivity index (χ0n) is 7.78. The van der Waals surface area contributed by atoms with Crippen LogP contribution in [0.4, 0.5) is 0 Å². The second kappa shape index (κ2) is 2.81. The van der Waals surface area contributed by atoms with Gasteiger partial charge in [-0.3, -0.25) is 0 Å². The highest BCUT2D eigenvalue weighted by Gasteiger charge is 2.23. The minimum absolute atomic E-state index is 0.132. The number of hydrogen-bond acceptors (Lipinski definition) is 3. The first-order valence-electron chi connectivity index (χ1n) is 4.35. The Morgan fingerprint density at radius 2 is 2.00 bits per heavy atom. The summed E-state index contributed by atoms with van der Waals surface area (Å²) in [5.74, 6) is -0.267. The Morgan fingerprint density at radius 1 is 1.36 bits per heavy atom. The third-order valence-electron chi connectivity index (χ3n) is 2.54. The summed E-state index contributed by atoms with van der Waals surface area (Å²) < 4.78 is 0.858. The first kappa shape index (κ1) is 8.70. The summed E-state index contributed by atoms with van der Waals surface area (Å²) in [7, 11) is 0. The van der Waals surface area contributed by atoms with E-state index < -0.39 is 0 Å². The fourth-order valence-corrected chi connectivity index (χ4v) is 1.76. The van der Waals surface area contributed by atoms with Crippen molar-refractivity contribution < 1.29 is 10.2 Å². The van der Waals surface area contributed by atoms with Gasteiger partial charge in [-0.05, 0) is 19.8 Å². The summed E-state index contributed by atoms with van der Waals surface area (Å²) in [5, 5.41) is 27.9. The first-order valence-corrected chi connectivity index (χ1v) is 4.35. The van der Waals surface area contributed by atoms with Crippen LogP contribution in [-0.2, 0) is 12.8 Å². The molecule has 0 spiro atoms. The second-order valence-electron chi connectivity index (χ2n) is 3.47. The molecule has 2 N–H and O–H groups in total. The molecule has 0 aromatic carbocycles. The monoisotopic (exact) mass is 190 g/mol. The normalized spacial score (nSPS) is 14.4. The molecule has 4 nitrogen and oxygen atoms in total. The van der Waals surface area contributed by atoms with Crippen molar-refractivity contribution >= 4 is 0 Å². The first-order chi connectivity index (χ1) is 6.65. The molecule has 1 heterocycles. The number of fused-ring (bicyclic) bond motifs is 1. The fraction of sp³-hybridized carbons (Fsp3) is 0.300. The predicted octanol–water partition coefficient (Wildman–Crippen LogP) is 1.27. The lowest BCUT2D eigenvalue weighted by atomic mass is 9.96. The summed E-state index contributed by atoms with van der Waals surface area (Å²) in [6, 6.07) is 0. The van der Waals surface area contributed by atoms with Gasteiger partial charge in [0.25, 0.3) is 0 Å². The number of rotatable bonds is 0. The third-order valence-corrected chi connectivity index (χ3v) is 2.54. The highest BCUT2D eigenvalue weighted by molar-refractivity contribution is 5.51. The SMILES string of the molecule is CC1=CCc2c(c(O)n(C#N)c2O)C1.